The van der Waals surface area contributed by atoms with Crippen molar-refractivity contribution in [2.24, 2.45) is 0 Å². The first-order valence-corrected chi connectivity index (χ1v) is 10.6. The molecule has 1 fully saturated rings. The molecule has 0 unspecified atom stereocenters. The topological polar surface area (TPSA) is 95.6 Å². The maximum Gasteiger partial charge on any atom is 0.253 e. The highest BCUT2D eigenvalue weighted by Gasteiger charge is 2.27. The monoisotopic (exact) mass is 421 g/mol. The van der Waals surface area contributed by atoms with Gasteiger partial charge in [0, 0.05) is 18.8 Å². The molecule has 1 saturated heterocycles. The van der Waals surface area contributed by atoms with Crippen molar-refractivity contribution >= 4 is 39.1 Å². The lowest BCUT2D eigenvalue weighted by Gasteiger charge is -2.16. The molecule has 9 heteroatoms. The summed E-state index contributed by atoms with van der Waals surface area (Å²) in [5, 5.41) is 5.38. The molecular weight excluding hydrogens is 402 g/mol. The van der Waals surface area contributed by atoms with E-state index in [0.717, 1.165) is 12.8 Å². The number of carbonyl (C=O) groups excluding carboxylic acids is 2. The van der Waals surface area contributed by atoms with Crippen molar-refractivity contribution in [3.63, 3.8) is 0 Å². The van der Waals surface area contributed by atoms with Crippen LogP contribution in [0.3, 0.4) is 0 Å². The fraction of sp³-hybridized carbons (Fsp3) is 0.263. The van der Waals surface area contributed by atoms with Gasteiger partial charge >= 0.3 is 0 Å². The molecule has 1 heterocycles. The number of hydrogen-bond acceptors (Lipinski definition) is 4. The van der Waals surface area contributed by atoms with Gasteiger partial charge in [-0.25, -0.2) is 8.42 Å². The van der Waals surface area contributed by atoms with E-state index < -0.39 is 21.8 Å². The minimum atomic E-state index is -3.57. The van der Waals surface area contributed by atoms with Crippen molar-refractivity contribution in [2.45, 2.75) is 17.7 Å². The number of rotatable bonds is 6. The van der Waals surface area contributed by atoms with Gasteiger partial charge in [-0.2, -0.15) is 4.31 Å². The third-order valence-electron chi connectivity index (χ3n) is 4.35. The maximum absolute atomic E-state index is 12.6. The number of hydrogen-bond donors (Lipinski definition) is 2. The van der Waals surface area contributed by atoms with E-state index >= 15 is 0 Å². The van der Waals surface area contributed by atoms with Gasteiger partial charge in [0.1, 0.15) is 0 Å². The number of anilines is 1. The van der Waals surface area contributed by atoms with E-state index in [2.05, 4.69) is 10.6 Å². The zero-order valence-corrected chi connectivity index (χ0v) is 16.6. The number of amides is 2. The van der Waals surface area contributed by atoms with Crippen molar-refractivity contribution in [1.29, 1.82) is 0 Å². The Bertz CT molecular complexity index is 988. The van der Waals surface area contributed by atoms with E-state index in [1.54, 1.807) is 36.4 Å². The summed E-state index contributed by atoms with van der Waals surface area (Å²) in [6.07, 6.45) is 1.70. The molecule has 0 saturated carbocycles. The van der Waals surface area contributed by atoms with Gasteiger partial charge in [0.15, 0.2) is 0 Å². The van der Waals surface area contributed by atoms with E-state index in [9.17, 15) is 18.0 Å². The van der Waals surface area contributed by atoms with Crippen LogP contribution in [0, 0.1) is 0 Å². The molecule has 7 nitrogen and oxygen atoms in total. The number of nitrogens with one attached hydrogen (secondary N) is 2. The lowest BCUT2D eigenvalue weighted by molar-refractivity contribution is -0.115. The largest absolute Gasteiger partial charge is 0.343 e. The van der Waals surface area contributed by atoms with Crippen molar-refractivity contribution in [1.82, 2.24) is 9.62 Å². The molecule has 0 atom stereocenters. The molecule has 28 heavy (non-hydrogen) atoms. The minimum Gasteiger partial charge on any atom is -0.343 e. The van der Waals surface area contributed by atoms with Gasteiger partial charge in [-0.15, -0.1) is 0 Å². The summed E-state index contributed by atoms with van der Waals surface area (Å²) in [7, 11) is -3.57. The van der Waals surface area contributed by atoms with Crippen LogP contribution < -0.4 is 10.6 Å². The Labute approximate surface area is 168 Å². The maximum atomic E-state index is 12.6. The van der Waals surface area contributed by atoms with Crippen LogP contribution >= 0.6 is 11.6 Å². The molecule has 148 valence electrons. The van der Waals surface area contributed by atoms with Crippen LogP contribution in [0.5, 0.6) is 0 Å². The Kier molecular flexibility index (Phi) is 6.33. The summed E-state index contributed by atoms with van der Waals surface area (Å²) >= 11 is 5.96. The van der Waals surface area contributed by atoms with Crippen molar-refractivity contribution in [3.05, 3.63) is 59.1 Å². The highest BCUT2D eigenvalue weighted by Crippen LogP contribution is 2.23. The number of halogens is 1. The smallest absolute Gasteiger partial charge is 0.253 e. The first-order chi connectivity index (χ1) is 13.4. The summed E-state index contributed by atoms with van der Waals surface area (Å²) in [6, 6.07) is 12.6. The Balaban J connectivity index is 1.62. The van der Waals surface area contributed by atoms with Crippen LogP contribution in [0.2, 0.25) is 5.02 Å². The first kappa shape index (κ1) is 20.3. The van der Waals surface area contributed by atoms with E-state index in [1.165, 1.54) is 16.4 Å². The second kappa shape index (κ2) is 8.72. The Morgan fingerprint density at radius 3 is 2.46 bits per heavy atom. The van der Waals surface area contributed by atoms with E-state index in [4.69, 9.17) is 11.6 Å². The lowest BCUT2D eigenvalue weighted by atomic mass is 10.2. The number of nitrogens with zero attached hydrogens (tertiary/aromatic N) is 1. The quantitative estimate of drug-likeness (QED) is 0.749. The molecule has 0 radical (unpaired) electrons. The third-order valence-corrected chi connectivity index (χ3v) is 6.57. The predicted octanol–water partition coefficient (Wildman–Crippen LogP) is 2.49. The Morgan fingerprint density at radius 2 is 1.75 bits per heavy atom. The molecule has 3 rings (SSSR count). The second-order valence-electron chi connectivity index (χ2n) is 6.35. The van der Waals surface area contributed by atoms with E-state index in [1.807, 2.05) is 0 Å². The third kappa shape index (κ3) is 4.70. The van der Waals surface area contributed by atoms with Gasteiger partial charge in [-0.1, -0.05) is 29.8 Å². The summed E-state index contributed by atoms with van der Waals surface area (Å²) in [5.41, 5.74) is 0.618. The fourth-order valence-electron chi connectivity index (χ4n) is 2.92. The van der Waals surface area contributed by atoms with Crippen LogP contribution in [-0.4, -0.2) is 44.2 Å². The Hall–Kier alpha value is -2.42. The van der Waals surface area contributed by atoms with Crippen molar-refractivity contribution < 1.29 is 18.0 Å². The van der Waals surface area contributed by atoms with Crippen LogP contribution in [0.1, 0.15) is 23.2 Å². The highest BCUT2D eigenvalue weighted by atomic mass is 35.5. The average Bonchev–Trinajstić information content (AvgIpc) is 3.22. The number of benzene rings is 2. The minimum absolute atomic E-state index is 0.132. The molecule has 2 aromatic rings. The molecule has 0 spiro atoms. The number of sulfonamides is 1. The van der Waals surface area contributed by atoms with Crippen molar-refractivity contribution in [3.8, 4) is 0 Å². The lowest BCUT2D eigenvalue weighted by Crippen LogP contribution is -2.33. The second-order valence-corrected chi connectivity index (χ2v) is 8.69. The fourth-order valence-corrected chi connectivity index (χ4v) is 4.70. The summed E-state index contributed by atoms with van der Waals surface area (Å²) < 4.78 is 26.7. The van der Waals surface area contributed by atoms with E-state index in [0.29, 0.717) is 23.8 Å². The summed E-state index contributed by atoms with van der Waals surface area (Å²) in [5.74, 6) is -0.942. The van der Waals surface area contributed by atoms with Crippen molar-refractivity contribution in [2.75, 3.05) is 25.0 Å². The van der Waals surface area contributed by atoms with Crippen LogP contribution in [0.4, 0.5) is 5.69 Å². The molecule has 2 amide bonds. The Morgan fingerprint density at radius 1 is 1.04 bits per heavy atom. The summed E-state index contributed by atoms with van der Waals surface area (Å²) in [4.78, 5) is 24.4. The molecule has 2 N–H and O–H groups in total. The molecule has 0 aromatic heterocycles. The van der Waals surface area contributed by atoms with Crippen LogP contribution in [0.15, 0.2) is 53.4 Å². The molecule has 0 aliphatic carbocycles. The first-order valence-electron chi connectivity index (χ1n) is 8.81. The highest BCUT2D eigenvalue weighted by molar-refractivity contribution is 7.89. The van der Waals surface area contributed by atoms with Gasteiger partial charge in [-0.3, -0.25) is 9.59 Å². The van der Waals surface area contributed by atoms with Gasteiger partial charge in [0.25, 0.3) is 5.91 Å². The van der Waals surface area contributed by atoms with Gasteiger partial charge < -0.3 is 10.6 Å². The normalized spacial score (nSPS) is 14.6. The SMILES string of the molecule is O=C(CNC(=O)c1ccccc1Cl)Nc1cccc(S(=O)(=O)N2CCCC2)c1. The predicted molar refractivity (Wildman–Crippen MR) is 107 cm³/mol. The van der Waals surface area contributed by atoms with Gasteiger partial charge in [0.05, 0.1) is 22.0 Å². The standard InChI is InChI=1S/C19H20ClN3O4S/c20-17-9-2-1-8-16(17)19(25)21-13-18(24)22-14-6-5-7-15(12-14)28(26,27)23-10-3-4-11-23/h1-2,5-9,12H,3-4,10-11,13H2,(H,21,25)(H,22,24). The van der Waals surface area contributed by atoms with Gasteiger partial charge in [-0.05, 0) is 43.2 Å². The molecule has 2 aromatic carbocycles. The van der Waals surface area contributed by atoms with Crippen LogP contribution in [-0.2, 0) is 14.8 Å². The number of carbonyl (C=O) groups is 2. The molecule has 0 bridgehead atoms. The summed E-state index contributed by atoms with van der Waals surface area (Å²) in [6.45, 7) is 0.743. The van der Waals surface area contributed by atoms with Gasteiger partial charge in [0.2, 0.25) is 15.9 Å². The van der Waals surface area contributed by atoms with E-state index in [-0.39, 0.29) is 17.0 Å². The zero-order valence-electron chi connectivity index (χ0n) is 15.0. The zero-order chi connectivity index (χ0) is 20.1. The van der Waals surface area contributed by atoms with Crippen LogP contribution in [0.25, 0.3) is 0 Å². The molecule has 1 aliphatic heterocycles. The molecule has 1 aliphatic rings. The average molecular weight is 422 g/mol. The molecular formula is C19H20ClN3O4S.